The molecule has 0 radical (unpaired) electrons. The zero-order chi connectivity index (χ0) is 15.7. The molecule has 0 aliphatic heterocycles. The molecular weight excluding hydrogens is 301 g/mol. The summed E-state index contributed by atoms with van der Waals surface area (Å²) in [7, 11) is 0. The van der Waals surface area contributed by atoms with Crippen molar-refractivity contribution in [2.24, 2.45) is 0 Å². The number of nitrogens with zero attached hydrogens (tertiary/aromatic N) is 1. The van der Waals surface area contributed by atoms with Crippen LogP contribution in [-0.4, -0.2) is 36.3 Å². The van der Waals surface area contributed by atoms with Gasteiger partial charge in [0.25, 0.3) is 0 Å². The van der Waals surface area contributed by atoms with Crippen molar-refractivity contribution in [3.8, 4) is 0 Å². The van der Waals surface area contributed by atoms with Crippen molar-refractivity contribution in [2.45, 2.75) is 46.0 Å². The Morgan fingerprint density at radius 3 is 2.24 bits per heavy atom. The Labute approximate surface area is 140 Å². The average Bonchev–Trinajstić information content (AvgIpc) is 2.43. The van der Waals surface area contributed by atoms with Crippen LogP contribution in [0.4, 0.5) is 0 Å². The zero-order valence-corrected chi connectivity index (χ0v) is 15.2. The molecule has 0 fully saturated rings. The van der Waals surface area contributed by atoms with Gasteiger partial charge in [-0.05, 0) is 50.3 Å². The first-order valence-corrected chi connectivity index (χ1v) is 9.06. The molecule has 120 valence electrons. The van der Waals surface area contributed by atoms with Crippen molar-refractivity contribution in [1.82, 2.24) is 4.90 Å². The van der Waals surface area contributed by atoms with E-state index in [-0.39, 0.29) is 0 Å². The average molecular weight is 330 g/mol. The fourth-order valence-electron chi connectivity index (χ4n) is 2.89. The van der Waals surface area contributed by atoms with E-state index >= 15 is 0 Å². The maximum Gasteiger partial charge on any atom is 0.0351 e. The molecule has 1 rings (SSSR count). The second-order valence-electron chi connectivity index (χ2n) is 5.98. The second kappa shape index (κ2) is 10.5. The maximum atomic E-state index is 5.82. The van der Waals surface area contributed by atoms with Crippen molar-refractivity contribution in [3.63, 3.8) is 0 Å². The lowest BCUT2D eigenvalue weighted by atomic mass is 9.91. The third-order valence-electron chi connectivity index (χ3n) is 4.12. The molecule has 0 spiro atoms. The van der Waals surface area contributed by atoms with Gasteiger partial charge in [-0.15, -0.1) is 23.2 Å². The number of aryl methyl sites for hydroxylation is 2. The Morgan fingerprint density at radius 1 is 1.00 bits per heavy atom. The first kappa shape index (κ1) is 18.8. The molecule has 0 aromatic heterocycles. The van der Waals surface area contributed by atoms with Gasteiger partial charge < -0.3 is 4.90 Å². The lowest BCUT2D eigenvalue weighted by molar-refractivity contribution is 0.298. The molecule has 0 heterocycles. The number of rotatable bonds is 10. The van der Waals surface area contributed by atoms with E-state index in [2.05, 4.69) is 43.9 Å². The third-order valence-corrected chi connectivity index (χ3v) is 4.46. The second-order valence-corrected chi connectivity index (χ2v) is 6.73. The van der Waals surface area contributed by atoms with Gasteiger partial charge in [0.05, 0.1) is 0 Å². The van der Waals surface area contributed by atoms with E-state index in [1.54, 1.807) is 0 Å². The molecule has 21 heavy (non-hydrogen) atoms. The van der Waals surface area contributed by atoms with Crippen LogP contribution < -0.4 is 0 Å². The van der Waals surface area contributed by atoms with Crippen LogP contribution in [0.5, 0.6) is 0 Å². The molecule has 0 unspecified atom stereocenters. The molecular formula is C18H29Cl2N. The highest BCUT2D eigenvalue weighted by atomic mass is 35.5. The van der Waals surface area contributed by atoms with E-state index in [4.69, 9.17) is 23.2 Å². The van der Waals surface area contributed by atoms with Gasteiger partial charge in [0.2, 0.25) is 0 Å². The minimum Gasteiger partial charge on any atom is -0.301 e. The Kier molecular flexibility index (Phi) is 9.39. The standard InChI is InChI=1S/C18H29Cl2N/c1-15-7-8-18(17(3)14-15)16(2)6-4-5-11-21(12-9-19)13-10-20/h7-8,14,16H,4-6,9-13H2,1-3H3/t16-/m1/s1. The van der Waals surface area contributed by atoms with Gasteiger partial charge in [0.15, 0.2) is 0 Å². The van der Waals surface area contributed by atoms with E-state index in [0.29, 0.717) is 17.7 Å². The number of alkyl halides is 2. The number of hydrogen-bond donors (Lipinski definition) is 0. The van der Waals surface area contributed by atoms with Crippen molar-refractivity contribution < 1.29 is 0 Å². The van der Waals surface area contributed by atoms with Gasteiger partial charge in [-0.3, -0.25) is 0 Å². The van der Waals surface area contributed by atoms with Crippen molar-refractivity contribution in [2.75, 3.05) is 31.4 Å². The molecule has 1 aromatic rings. The molecule has 1 nitrogen and oxygen atoms in total. The highest BCUT2D eigenvalue weighted by Crippen LogP contribution is 2.25. The molecule has 1 atom stereocenters. The van der Waals surface area contributed by atoms with Gasteiger partial charge in [-0.2, -0.15) is 0 Å². The van der Waals surface area contributed by atoms with Crippen LogP contribution in [0.3, 0.4) is 0 Å². The quantitative estimate of drug-likeness (QED) is 0.412. The van der Waals surface area contributed by atoms with Gasteiger partial charge in [0, 0.05) is 24.8 Å². The number of hydrogen-bond acceptors (Lipinski definition) is 1. The summed E-state index contributed by atoms with van der Waals surface area (Å²) in [4.78, 5) is 2.36. The van der Waals surface area contributed by atoms with E-state index in [1.165, 1.54) is 36.0 Å². The Bertz CT molecular complexity index is 400. The Hall–Kier alpha value is -0.240. The van der Waals surface area contributed by atoms with Crippen LogP contribution in [-0.2, 0) is 0 Å². The largest absolute Gasteiger partial charge is 0.301 e. The minimum absolute atomic E-state index is 0.639. The van der Waals surface area contributed by atoms with Crippen LogP contribution >= 0.6 is 23.2 Å². The highest BCUT2D eigenvalue weighted by Gasteiger charge is 2.09. The smallest absolute Gasteiger partial charge is 0.0351 e. The predicted molar refractivity (Wildman–Crippen MR) is 96.1 cm³/mol. The molecule has 0 amide bonds. The molecule has 0 N–H and O–H groups in total. The van der Waals surface area contributed by atoms with Gasteiger partial charge in [-0.25, -0.2) is 0 Å². The Balaban J connectivity index is 2.34. The normalized spacial score (nSPS) is 12.9. The molecule has 1 aromatic carbocycles. The molecule has 0 aliphatic rings. The van der Waals surface area contributed by atoms with Gasteiger partial charge in [-0.1, -0.05) is 37.1 Å². The van der Waals surface area contributed by atoms with Crippen LogP contribution in [0.2, 0.25) is 0 Å². The summed E-state index contributed by atoms with van der Waals surface area (Å²) in [6, 6.07) is 6.80. The van der Waals surface area contributed by atoms with E-state index in [9.17, 15) is 0 Å². The van der Waals surface area contributed by atoms with Crippen LogP contribution in [0.25, 0.3) is 0 Å². The molecule has 0 saturated carbocycles. The minimum atomic E-state index is 0.639. The topological polar surface area (TPSA) is 3.24 Å². The van der Waals surface area contributed by atoms with Gasteiger partial charge >= 0.3 is 0 Å². The van der Waals surface area contributed by atoms with Crippen LogP contribution in [0.15, 0.2) is 18.2 Å². The lowest BCUT2D eigenvalue weighted by Gasteiger charge is -2.20. The monoisotopic (exact) mass is 329 g/mol. The third kappa shape index (κ3) is 7.04. The molecule has 0 saturated heterocycles. The molecule has 0 aliphatic carbocycles. The first-order chi connectivity index (χ1) is 10.1. The summed E-state index contributed by atoms with van der Waals surface area (Å²) in [5.41, 5.74) is 4.27. The summed E-state index contributed by atoms with van der Waals surface area (Å²) in [5.74, 6) is 2.02. The number of unbranched alkanes of at least 4 members (excludes halogenated alkanes) is 1. The lowest BCUT2D eigenvalue weighted by Crippen LogP contribution is -2.29. The van der Waals surface area contributed by atoms with Crippen molar-refractivity contribution in [1.29, 1.82) is 0 Å². The summed E-state index contributed by atoms with van der Waals surface area (Å²) in [6.07, 6.45) is 3.73. The summed E-state index contributed by atoms with van der Waals surface area (Å²) >= 11 is 11.6. The van der Waals surface area contributed by atoms with E-state index in [1.807, 2.05) is 0 Å². The highest BCUT2D eigenvalue weighted by molar-refractivity contribution is 6.18. The predicted octanol–water partition coefficient (Wildman–Crippen LogP) is 5.36. The van der Waals surface area contributed by atoms with Crippen molar-refractivity contribution in [3.05, 3.63) is 34.9 Å². The summed E-state index contributed by atoms with van der Waals surface area (Å²) in [5, 5.41) is 0. The fourth-order valence-corrected chi connectivity index (χ4v) is 3.37. The van der Waals surface area contributed by atoms with E-state index in [0.717, 1.165) is 19.6 Å². The molecule has 0 bridgehead atoms. The van der Waals surface area contributed by atoms with Crippen LogP contribution in [0.1, 0.15) is 48.8 Å². The Morgan fingerprint density at radius 2 is 1.67 bits per heavy atom. The number of benzene rings is 1. The van der Waals surface area contributed by atoms with Gasteiger partial charge in [0.1, 0.15) is 0 Å². The van der Waals surface area contributed by atoms with Crippen LogP contribution in [0, 0.1) is 13.8 Å². The summed E-state index contributed by atoms with van der Waals surface area (Å²) in [6.45, 7) is 9.72. The summed E-state index contributed by atoms with van der Waals surface area (Å²) < 4.78 is 0. The zero-order valence-electron chi connectivity index (χ0n) is 13.7. The number of halogens is 2. The maximum absolute atomic E-state index is 5.82. The SMILES string of the molecule is Cc1ccc([C@H](C)CCCCN(CCCl)CCCl)c(C)c1. The first-order valence-electron chi connectivity index (χ1n) is 8.00. The van der Waals surface area contributed by atoms with Crippen molar-refractivity contribution >= 4 is 23.2 Å². The van der Waals surface area contributed by atoms with E-state index < -0.39 is 0 Å². The fraction of sp³-hybridized carbons (Fsp3) is 0.667. The molecule has 3 heteroatoms.